The molecule has 4 heterocycles. The molecular weight excluding hydrogens is 480 g/mol. The van der Waals surface area contributed by atoms with Gasteiger partial charge in [-0.3, -0.25) is 0 Å². The standard InChI is InChI=1S/C29H34N6O3/c1-18-32-23-10-8-19(13-25(23)33(18)5)7-9-20-15-34(24-11-12-31-27(30)26(20)24)21-14-22(17-37-6)35(16-21)28(36)38-29(2,3)4/h8,10-13,15,21-22H,14,16-17H2,1-6H3,(H2,30,31)/t21-,22+/m0/s1. The van der Waals surface area contributed by atoms with Crippen LogP contribution in [0.3, 0.4) is 0 Å². The van der Waals surface area contributed by atoms with Gasteiger partial charge in [0, 0.05) is 38.7 Å². The zero-order valence-corrected chi connectivity index (χ0v) is 22.8. The minimum absolute atomic E-state index is 0.0105. The number of hydrogen-bond acceptors (Lipinski definition) is 6. The molecule has 1 fully saturated rings. The van der Waals surface area contributed by atoms with E-state index in [0.29, 0.717) is 19.0 Å². The molecule has 9 nitrogen and oxygen atoms in total. The first-order valence-electron chi connectivity index (χ1n) is 12.7. The van der Waals surface area contributed by atoms with E-state index in [2.05, 4.69) is 30.9 Å². The second kappa shape index (κ2) is 9.69. The highest BCUT2D eigenvalue weighted by Crippen LogP contribution is 2.35. The Hall–Kier alpha value is -4.03. The molecule has 1 aliphatic rings. The normalized spacial score (nSPS) is 17.7. The molecular formula is C29H34N6O3. The molecule has 38 heavy (non-hydrogen) atoms. The summed E-state index contributed by atoms with van der Waals surface area (Å²) in [5.41, 5.74) is 10.4. The number of imidazole rings is 1. The number of hydrogen-bond donors (Lipinski definition) is 1. The highest BCUT2D eigenvalue weighted by molar-refractivity contribution is 5.95. The molecule has 9 heteroatoms. The largest absolute Gasteiger partial charge is 0.444 e. The summed E-state index contributed by atoms with van der Waals surface area (Å²) in [7, 11) is 3.65. The summed E-state index contributed by atoms with van der Waals surface area (Å²) in [6.45, 7) is 8.53. The van der Waals surface area contributed by atoms with Crippen LogP contribution in [-0.4, -0.2) is 62.0 Å². The number of carbonyl (C=O) groups excluding carboxylic acids is 1. The van der Waals surface area contributed by atoms with Gasteiger partial charge in [0.2, 0.25) is 0 Å². The number of carbonyl (C=O) groups is 1. The van der Waals surface area contributed by atoms with Crippen LogP contribution >= 0.6 is 0 Å². The number of fused-ring (bicyclic) bond motifs is 2. The van der Waals surface area contributed by atoms with Crippen molar-refractivity contribution in [2.75, 3.05) is 26.0 Å². The molecule has 0 aliphatic carbocycles. The SMILES string of the molecule is COC[C@H]1C[C@H](n2cc(C#Cc3ccc4nc(C)n(C)c4c3)c3c(N)nccc32)CN1C(=O)OC(C)(C)C. The maximum atomic E-state index is 13.0. The molecule has 0 radical (unpaired) electrons. The monoisotopic (exact) mass is 514 g/mol. The van der Waals surface area contributed by atoms with Gasteiger partial charge in [0.1, 0.15) is 17.2 Å². The lowest BCUT2D eigenvalue weighted by Crippen LogP contribution is -2.41. The number of methoxy groups -OCH3 is 1. The highest BCUT2D eigenvalue weighted by Gasteiger charge is 2.39. The van der Waals surface area contributed by atoms with Crippen molar-refractivity contribution in [3.8, 4) is 11.8 Å². The van der Waals surface area contributed by atoms with Gasteiger partial charge in [-0.1, -0.05) is 11.8 Å². The molecule has 198 valence electrons. The van der Waals surface area contributed by atoms with Crippen LogP contribution in [0.5, 0.6) is 0 Å². The summed E-state index contributed by atoms with van der Waals surface area (Å²) in [6.07, 6.45) is 4.12. The average molecular weight is 515 g/mol. The van der Waals surface area contributed by atoms with E-state index in [1.165, 1.54) is 0 Å². The van der Waals surface area contributed by atoms with Gasteiger partial charge in [0.05, 0.1) is 46.2 Å². The molecule has 4 aromatic rings. The van der Waals surface area contributed by atoms with E-state index in [1.807, 2.05) is 65.2 Å². The van der Waals surface area contributed by atoms with Crippen LogP contribution in [0, 0.1) is 18.8 Å². The van der Waals surface area contributed by atoms with E-state index in [4.69, 9.17) is 15.2 Å². The summed E-state index contributed by atoms with van der Waals surface area (Å²) < 4.78 is 15.4. The zero-order valence-electron chi connectivity index (χ0n) is 22.8. The molecule has 5 rings (SSSR count). The van der Waals surface area contributed by atoms with E-state index >= 15 is 0 Å². The van der Waals surface area contributed by atoms with E-state index in [0.717, 1.165) is 45.3 Å². The lowest BCUT2D eigenvalue weighted by atomic mass is 10.1. The van der Waals surface area contributed by atoms with Gasteiger partial charge < -0.3 is 29.2 Å². The fraction of sp³-hybridized carbons (Fsp3) is 0.414. The van der Waals surface area contributed by atoms with Gasteiger partial charge in [-0.15, -0.1) is 0 Å². The zero-order chi connectivity index (χ0) is 27.2. The number of ether oxygens (including phenoxy) is 2. The van der Waals surface area contributed by atoms with Crippen molar-refractivity contribution in [2.45, 2.75) is 51.8 Å². The highest BCUT2D eigenvalue weighted by atomic mass is 16.6. The van der Waals surface area contributed by atoms with Gasteiger partial charge in [0.25, 0.3) is 0 Å². The number of likely N-dealkylation sites (tertiary alicyclic amines) is 1. The smallest absolute Gasteiger partial charge is 0.410 e. The third kappa shape index (κ3) is 4.79. The summed E-state index contributed by atoms with van der Waals surface area (Å²) >= 11 is 0. The minimum Gasteiger partial charge on any atom is -0.444 e. The Bertz CT molecular complexity index is 1580. The van der Waals surface area contributed by atoms with Crippen molar-refractivity contribution in [3.63, 3.8) is 0 Å². The Morgan fingerprint density at radius 1 is 1.21 bits per heavy atom. The van der Waals surface area contributed by atoms with E-state index in [9.17, 15) is 4.79 Å². The molecule has 0 saturated carbocycles. The van der Waals surface area contributed by atoms with Crippen LogP contribution in [-0.2, 0) is 16.5 Å². The molecule has 0 bridgehead atoms. The lowest BCUT2D eigenvalue weighted by Gasteiger charge is -2.28. The van der Waals surface area contributed by atoms with Crippen LogP contribution in [0.2, 0.25) is 0 Å². The fourth-order valence-electron chi connectivity index (χ4n) is 5.14. The van der Waals surface area contributed by atoms with Crippen LogP contribution in [0.1, 0.15) is 50.2 Å². The number of aryl methyl sites for hydroxylation is 2. The van der Waals surface area contributed by atoms with Gasteiger partial charge in [-0.05, 0) is 58.4 Å². The number of nitrogens with two attached hydrogens (primary N) is 1. The fourth-order valence-corrected chi connectivity index (χ4v) is 5.14. The number of aromatic nitrogens is 4. The van der Waals surface area contributed by atoms with E-state index in [-0.39, 0.29) is 18.2 Å². The number of rotatable bonds is 3. The molecule has 3 aromatic heterocycles. The number of benzene rings is 1. The molecule has 1 amide bonds. The average Bonchev–Trinajstić information content (AvgIpc) is 3.52. The maximum Gasteiger partial charge on any atom is 0.410 e. The number of nitrogens with zero attached hydrogens (tertiary/aromatic N) is 5. The summed E-state index contributed by atoms with van der Waals surface area (Å²) in [4.78, 5) is 23.7. The minimum atomic E-state index is -0.576. The first-order chi connectivity index (χ1) is 18.1. The molecule has 0 spiro atoms. The first-order valence-corrected chi connectivity index (χ1v) is 12.7. The van der Waals surface area contributed by atoms with E-state index < -0.39 is 5.60 Å². The van der Waals surface area contributed by atoms with Crippen LogP contribution in [0.15, 0.2) is 36.7 Å². The second-order valence-electron chi connectivity index (χ2n) is 10.8. The maximum absolute atomic E-state index is 13.0. The molecule has 1 aromatic carbocycles. The van der Waals surface area contributed by atoms with Gasteiger partial charge in [0.15, 0.2) is 0 Å². The Balaban J connectivity index is 1.51. The van der Waals surface area contributed by atoms with Crippen molar-refractivity contribution in [1.82, 2.24) is 24.0 Å². The third-order valence-electron chi connectivity index (χ3n) is 6.99. The van der Waals surface area contributed by atoms with E-state index in [1.54, 1.807) is 18.2 Å². The van der Waals surface area contributed by atoms with Gasteiger partial charge in [-0.2, -0.15) is 0 Å². The molecule has 0 unspecified atom stereocenters. The summed E-state index contributed by atoms with van der Waals surface area (Å²) in [5.74, 6) is 8.02. The predicted molar refractivity (Wildman–Crippen MR) is 148 cm³/mol. The third-order valence-corrected chi connectivity index (χ3v) is 6.99. The molecule has 2 atom stereocenters. The van der Waals surface area contributed by atoms with Crippen LogP contribution in [0.4, 0.5) is 10.6 Å². The van der Waals surface area contributed by atoms with Crippen molar-refractivity contribution in [2.24, 2.45) is 7.05 Å². The Labute approximate surface area is 222 Å². The number of amides is 1. The molecule has 1 saturated heterocycles. The lowest BCUT2D eigenvalue weighted by molar-refractivity contribution is 0.0146. The van der Waals surface area contributed by atoms with Crippen LogP contribution in [0.25, 0.3) is 21.9 Å². The Kier molecular flexibility index (Phi) is 6.53. The van der Waals surface area contributed by atoms with Crippen molar-refractivity contribution in [1.29, 1.82) is 0 Å². The Morgan fingerprint density at radius 3 is 2.74 bits per heavy atom. The van der Waals surface area contributed by atoms with Gasteiger partial charge in [-0.25, -0.2) is 14.8 Å². The molecule has 2 N–H and O–H groups in total. The summed E-state index contributed by atoms with van der Waals surface area (Å²) in [5, 5.41) is 0.816. The molecule has 1 aliphatic heterocycles. The number of pyridine rings is 1. The number of anilines is 1. The van der Waals surface area contributed by atoms with Crippen molar-refractivity contribution in [3.05, 3.63) is 53.6 Å². The van der Waals surface area contributed by atoms with Gasteiger partial charge >= 0.3 is 6.09 Å². The second-order valence-corrected chi connectivity index (χ2v) is 10.8. The first kappa shape index (κ1) is 25.6. The van der Waals surface area contributed by atoms with Crippen molar-refractivity contribution < 1.29 is 14.3 Å². The Morgan fingerprint density at radius 2 is 2.00 bits per heavy atom. The van der Waals surface area contributed by atoms with Crippen LogP contribution < -0.4 is 5.73 Å². The summed E-state index contributed by atoms with van der Waals surface area (Å²) in [6, 6.07) is 7.88. The predicted octanol–water partition coefficient (Wildman–Crippen LogP) is 4.41. The topological polar surface area (TPSA) is 100 Å². The van der Waals surface area contributed by atoms with Crippen molar-refractivity contribution >= 4 is 33.8 Å². The quantitative estimate of drug-likeness (QED) is 0.407. The number of nitrogen functional groups attached to an aromatic ring is 1.